The Hall–Kier alpha value is -2.06. The summed E-state index contributed by atoms with van der Waals surface area (Å²) in [4.78, 5) is 11.0. The molecule has 4 nitrogen and oxygen atoms in total. The van der Waals surface area contributed by atoms with E-state index in [1.165, 1.54) is 4.74 Å². The van der Waals surface area contributed by atoms with Crippen LogP contribution in [0.4, 0.5) is 74.6 Å². The van der Waals surface area contributed by atoms with Crippen LogP contribution >= 0.6 is 0 Å². The Bertz CT molecular complexity index is 767. The molecule has 34 heavy (non-hydrogen) atoms. The van der Waals surface area contributed by atoms with Gasteiger partial charge in [-0.25, -0.2) is 4.79 Å². The lowest BCUT2D eigenvalue weighted by atomic mass is 10.2. The zero-order chi connectivity index (χ0) is 28.0. The Labute approximate surface area is 175 Å². The topological polar surface area (TPSA) is 44.8 Å². The van der Waals surface area contributed by atoms with Crippen molar-refractivity contribution in [2.75, 3.05) is 6.61 Å². The Morgan fingerprint density at radius 3 is 1.35 bits per heavy atom. The highest BCUT2D eigenvalue weighted by atomic mass is 19.4. The number of hydrogen-bond donors (Lipinski definition) is 0. The summed E-state index contributed by atoms with van der Waals surface area (Å²) in [5.74, 6) is -24.3. The first-order valence-corrected chi connectivity index (χ1v) is 7.43. The lowest BCUT2D eigenvalue weighted by Gasteiger charge is -2.40. The molecule has 0 rings (SSSR count). The highest BCUT2D eigenvalue weighted by Gasteiger charge is 2.85. The predicted molar refractivity (Wildman–Crippen MR) is 68.6 cm³/mol. The number of rotatable bonds is 9. The van der Waals surface area contributed by atoms with Crippen LogP contribution in [0.2, 0.25) is 0 Å². The smallest absolute Gasteiger partial charge is 0.456 e. The summed E-state index contributed by atoms with van der Waals surface area (Å²) in [6, 6.07) is 0. The fraction of sp³-hybridized carbons (Fsp3) is 0.769. The lowest BCUT2D eigenvalue weighted by molar-refractivity contribution is -0.552. The van der Waals surface area contributed by atoms with E-state index in [2.05, 4.69) is 11.3 Å². The molecule has 202 valence electrons. The average Bonchev–Trinajstić information content (AvgIpc) is 2.55. The van der Waals surface area contributed by atoms with Crippen molar-refractivity contribution in [2.24, 2.45) is 0 Å². The van der Waals surface area contributed by atoms with Crippen molar-refractivity contribution >= 4 is 5.97 Å². The molecular formula is C13H7F17O4. The molecule has 0 heterocycles. The van der Waals surface area contributed by atoms with Crippen molar-refractivity contribution < 1.29 is 93.6 Å². The summed E-state index contributed by atoms with van der Waals surface area (Å²) in [7, 11) is 0. The van der Waals surface area contributed by atoms with E-state index in [-0.39, 0.29) is 0 Å². The van der Waals surface area contributed by atoms with Gasteiger partial charge in [-0.2, -0.15) is 74.6 Å². The number of alkyl halides is 17. The van der Waals surface area contributed by atoms with Crippen LogP contribution in [-0.2, 0) is 19.0 Å². The highest BCUT2D eigenvalue weighted by molar-refractivity contribution is 5.86. The summed E-state index contributed by atoms with van der Waals surface area (Å²) in [5, 5.41) is 0. The number of esters is 1. The monoisotopic (exact) mass is 550 g/mol. The molecule has 2 atom stereocenters. The SMILES string of the molecule is C=C(C)C(=O)OCC(F)(OC(F)(F)C(F)(OC(F)(F)C(F)(F)C(F)(F)F)C(F)(F)F)C(F)(F)F. The molecule has 0 aromatic carbocycles. The minimum absolute atomic E-state index is 0.651. The van der Waals surface area contributed by atoms with Gasteiger partial charge >= 0.3 is 54.3 Å². The second-order valence-electron chi connectivity index (χ2n) is 5.99. The van der Waals surface area contributed by atoms with Crippen molar-refractivity contribution in [1.29, 1.82) is 0 Å². The van der Waals surface area contributed by atoms with Gasteiger partial charge in [0, 0.05) is 5.57 Å². The quantitative estimate of drug-likeness (QED) is 0.202. The van der Waals surface area contributed by atoms with E-state index >= 15 is 0 Å². The van der Waals surface area contributed by atoms with Crippen molar-refractivity contribution in [2.45, 2.75) is 55.3 Å². The van der Waals surface area contributed by atoms with Crippen LogP contribution in [0.3, 0.4) is 0 Å². The van der Waals surface area contributed by atoms with Crippen molar-refractivity contribution in [3.63, 3.8) is 0 Å². The van der Waals surface area contributed by atoms with Crippen LogP contribution in [-0.4, -0.2) is 61.0 Å². The summed E-state index contributed by atoms with van der Waals surface area (Å²) in [5.41, 5.74) is -0.885. The van der Waals surface area contributed by atoms with Crippen LogP contribution in [0, 0.1) is 0 Å². The van der Waals surface area contributed by atoms with Crippen LogP contribution < -0.4 is 0 Å². The van der Waals surface area contributed by atoms with E-state index in [1.54, 1.807) is 0 Å². The number of carbonyl (C=O) groups excluding carboxylic acids is 1. The minimum Gasteiger partial charge on any atom is -0.456 e. The second-order valence-corrected chi connectivity index (χ2v) is 5.99. The maximum atomic E-state index is 14.0. The normalized spacial score (nSPS) is 18.2. The molecule has 0 amide bonds. The molecule has 0 aliphatic heterocycles. The number of halogens is 17. The standard InChI is InChI=1S/C13H7F17O4/c1-4(2)5(31)32-3-6(14,9(18,19)20)33-13(29,30)8(17,11(24,25)26)34-12(27,28)7(15,16)10(21,22)23/h1,3H2,2H3. The molecule has 0 saturated heterocycles. The fourth-order valence-corrected chi connectivity index (χ4v) is 1.41. The summed E-state index contributed by atoms with van der Waals surface area (Å²) in [6.07, 6.45) is -38.2. The summed E-state index contributed by atoms with van der Waals surface area (Å²) >= 11 is 0. The number of hydrogen-bond acceptors (Lipinski definition) is 4. The molecule has 0 N–H and O–H groups in total. The molecule has 0 aromatic heterocycles. The Kier molecular flexibility index (Phi) is 8.33. The zero-order valence-corrected chi connectivity index (χ0v) is 15.5. The van der Waals surface area contributed by atoms with Crippen molar-refractivity contribution in [1.82, 2.24) is 0 Å². The Morgan fingerprint density at radius 2 is 1.06 bits per heavy atom. The third kappa shape index (κ3) is 5.95. The summed E-state index contributed by atoms with van der Waals surface area (Å²) < 4.78 is 226. The highest BCUT2D eigenvalue weighted by Crippen LogP contribution is 2.56. The third-order valence-electron chi connectivity index (χ3n) is 3.18. The van der Waals surface area contributed by atoms with E-state index in [0.717, 1.165) is 0 Å². The Morgan fingerprint density at radius 1 is 0.647 bits per heavy atom. The first-order valence-electron chi connectivity index (χ1n) is 7.43. The van der Waals surface area contributed by atoms with E-state index in [0.29, 0.717) is 6.92 Å². The maximum Gasteiger partial charge on any atom is 0.462 e. The van der Waals surface area contributed by atoms with Gasteiger partial charge in [0.2, 0.25) is 0 Å². The molecule has 0 radical (unpaired) electrons. The molecular weight excluding hydrogens is 543 g/mol. The molecule has 0 aliphatic rings. The van der Waals surface area contributed by atoms with E-state index in [9.17, 15) is 79.4 Å². The molecule has 2 unspecified atom stereocenters. The van der Waals surface area contributed by atoms with Crippen LogP contribution in [0.15, 0.2) is 12.2 Å². The maximum absolute atomic E-state index is 14.0. The van der Waals surface area contributed by atoms with Crippen LogP contribution in [0.25, 0.3) is 0 Å². The summed E-state index contributed by atoms with van der Waals surface area (Å²) in [6.45, 7) is 0.162. The number of ether oxygens (including phenoxy) is 3. The predicted octanol–water partition coefficient (Wildman–Crippen LogP) is 5.98. The van der Waals surface area contributed by atoms with E-state index in [4.69, 9.17) is 0 Å². The van der Waals surface area contributed by atoms with Gasteiger partial charge < -0.3 is 4.74 Å². The van der Waals surface area contributed by atoms with E-state index < -0.39 is 66.5 Å². The molecule has 0 aliphatic carbocycles. The van der Waals surface area contributed by atoms with Gasteiger partial charge in [-0.05, 0) is 6.92 Å². The van der Waals surface area contributed by atoms with Gasteiger partial charge in [0.25, 0.3) is 0 Å². The van der Waals surface area contributed by atoms with Gasteiger partial charge in [-0.3, -0.25) is 9.47 Å². The fourth-order valence-electron chi connectivity index (χ4n) is 1.41. The molecule has 0 bridgehead atoms. The largest absolute Gasteiger partial charge is 0.462 e. The lowest BCUT2D eigenvalue weighted by Crippen LogP contribution is -2.67. The zero-order valence-electron chi connectivity index (χ0n) is 15.5. The third-order valence-corrected chi connectivity index (χ3v) is 3.18. The van der Waals surface area contributed by atoms with Gasteiger partial charge in [-0.1, -0.05) is 6.58 Å². The molecule has 21 heteroatoms. The number of carbonyl (C=O) groups is 1. The van der Waals surface area contributed by atoms with E-state index in [1.807, 2.05) is 4.74 Å². The molecule has 0 aromatic rings. The van der Waals surface area contributed by atoms with Gasteiger partial charge in [0.1, 0.15) is 0 Å². The second kappa shape index (κ2) is 8.86. The Balaban J connectivity index is 6.58. The van der Waals surface area contributed by atoms with Crippen LogP contribution in [0.1, 0.15) is 6.92 Å². The minimum atomic E-state index is -7.99. The van der Waals surface area contributed by atoms with Gasteiger partial charge in [-0.15, -0.1) is 0 Å². The average molecular weight is 550 g/mol. The first kappa shape index (κ1) is 31.9. The first-order chi connectivity index (χ1) is 14.5. The van der Waals surface area contributed by atoms with Gasteiger partial charge in [0.05, 0.1) is 0 Å². The van der Waals surface area contributed by atoms with Gasteiger partial charge in [0.15, 0.2) is 6.61 Å². The molecule has 0 fully saturated rings. The van der Waals surface area contributed by atoms with Crippen molar-refractivity contribution in [3.8, 4) is 0 Å². The molecule has 0 saturated carbocycles. The van der Waals surface area contributed by atoms with Crippen LogP contribution in [0.5, 0.6) is 0 Å². The van der Waals surface area contributed by atoms with Crippen molar-refractivity contribution in [3.05, 3.63) is 12.2 Å². The molecule has 0 spiro atoms.